The molecule has 1 heterocycles. The van der Waals surface area contributed by atoms with Gasteiger partial charge >= 0.3 is 0 Å². The van der Waals surface area contributed by atoms with Crippen LogP contribution >= 0.6 is 0 Å². The van der Waals surface area contributed by atoms with E-state index in [4.69, 9.17) is 5.73 Å². The molecule has 0 aromatic carbocycles. The highest BCUT2D eigenvalue weighted by atomic mass is 15.3. The van der Waals surface area contributed by atoms with E-state index in [1.807, 2.05) is 6.92 Å². The second-order valence-electron chi connectivity index (χ2n) is 5.18. The Bertz CT molecular complexity index is 318. The van der Waals surface area contributed by atoms with Gasteiger partial charge in [-0.25, -0.2) is 0 Å². The van der Waals surface area contributed by atoms with Gasteiger partial charge in [-0.3, -0.25) is 4.68 Å². The molecule has 15 heavy (non-hydrogen) atoms. The predicted octanol–water partition coefficient (Wildman–Crippen LogP) is 2.61. The zero-order valence-electron chi connectivity index (χ0n) is 10.5. The highest BCUT2D eigenvalue weighted by Gasteiger charge is 2.20. The average Bonchev–Trinajstić information content (AvgIpc) is 2.48. The van der Waals surface area contributed by atoms with E-state index >= 15 is 0 Å². The predicted molar refractivity (Wildman–Crippen MR) is 63.8 cm³/mol. The summed E-state index contributed by atoms with van der Waals surface area (Å²) >= 11 is 0. The maximum absolute atomic E-state index is 5.96. The van der Waals surface area contributed by atoms with Crippen LogP contribution in [0.15, 0.2) is 6.07 Å². The van der Waals surface area contributed by atoms with Gasteiger partial charge in [0.1, 0.15) is 0 Å². The van der Waals surface area contributed by atoms with Crippen molar-refractivity contribution in [2.45, 2.75) is 59.0 Å². The lowest BCUT2D eigenvalue weighted by atomic mass is 10.1. The average molecular weight is 209 g/mol. The molecule has 0 aliphatic rings. The fraction of sp³-hybridized carbons (Fsp3) is 0.750. The summed E-state index contributed by atoms with van der Waals surface area (Å²) in [6, 6.07) is 2.18. The summed E-state index contributed by atoms with van der Waals surface area (Å²) in [6.45, 7) is 10.6. The Balaban J connectivity index is 3.12. The quantitative estimate of drug-likeness (QED) is 0.831. The molecule has 0 saturated heterocycles. The molecule has 1 atom stereocenters. The van der Waals surface area contributed by atoms with Crippen molar-refractivity contribution in [3.8, 4) is 0 Å². The summed E-state index contributed by atoms with van der Waals surface area (Å²) in [5.41, 5.74) is 8.25. The molecule has 0 fully saturated rings. The third kappa shape index (κ3) is 2.81. The summed E-state index contributed by atoms with van der Waals surface area (Å²) in [6.07, 6.45) is 2.16. The van der Waals surface area contributed by atoms with Gasteiger partial charge in [0, 0.05) is 6.04 Å². The Kier molecular flexibility index (Phi) is 3.55. The van der Waals surface area contributed by atoms with Crippen molar-refractivity contribution in [3.05, 3.63) is 17.5 Å². The molecular formula is C12H23N3. The summed E-state index contributed by atoms with van der Waals surface area (Å²) in [7, 11) is 0. The lowest BCUT2D eigenvalue weighted by Gasteiger charge is -2.23. The molecule has 1 aromatic heterocycles. The molecular weight excluding hydrogens is 186 g/mol. The summed E-state index contributed by atoms with van der Waals surface area (Å²) in [5.74, 6) is 0. The van der Waals surface area contributed by atoms with E-state index in [1.165, 1.54) is 0 Å². The highest BCUT2D eigenvalue weighted by molar-refractivity contribution is 5.15. The molecule has 0 aliphatic heterocycles. The summed E-state index contributed by atoms with van der Waals surface area (Å²) in [4.78, 5) is 0. The van der Waals surface area contributed by atoms with Crippen LogP contribution in [-0.4, -0.2) is 9.78 Å². The molecule has 0 amide bonds. The molecule has 3 nitrogen and oxygen atoms in total. The zero-order valence-corrected chi connectivity index (χ0v) is 10.5. The minimum Gasteiger partial charge on any atom is -0.323 e. The largest absolute Gasteiger partial charge is 0.323 e. The topological polar surface area (TPSA) is 43.8 Å². The van der Waals surface area contributed by atoms with Gasteiger partial charge in [-0.05, 0) is 40.2 Å². The Morgan fingerprint density at radius 1 is 1.47 bits per heavy atom. The fourth-order valence-electron chi connectivity index (χ4n) is 1.69. The van der Waals surface area contributed by atoms with Crippen molar-refractivity contribution in [1.82, 2.24) is 9.78 Å². The smallest absolute Gasteiger partial charge is 0.0628 e. The van der Waals surface area contributed by atoms with Crippen molar-refractivity contribution in [1.29, 1.82) is 0 Å². The Hall–Kier alpha value is -0.830. The van der Waals surface area contributed by atoms with E-state index in [1.54, 1.807) is 0 Å². The van der Waals surface area contributed by atoms with Gasteiger partial charge in [0.05, 0.1) is 16.9 Å². The van der Waals surface area contributed by atoms with Crippen LogP contribution in [0.3, 0.4) is 0 Å². The first-order valence-electron chi connectivity index (χ1n) is 5.71. The van der Waals surface area contributed by atoms with Gasteiger partial charge in [0.15, 0.2) is 0 Å². The fourth-order valence-corrected chi connectivity index (χ4v) is 1.69. The van der Waals surface area contributed by atoms with Crippen molar-refractivity contribution in [2.24, 2.45) is 5.73 Å². The lowest BCUT2D eigenvalue weighted by molar-refractivity contribution is 0.335. The van der Waals surface area contributed by atoms with Crippen LogP contribution in [0, 0.1) is 0 Å². The van der Waals surface area contributed by atoms with Gasteiger partial charge < -0.3 is 5.73 Å². The molecule has 1 rings (SSSR count). The first-order chi connectivity index (χ1) is 6.86. The zero-order chi connectivity index (χ0) is 11.6. The van der Waals surface area contributed by atoms with Crippen LogP contribution in [0.4, 0.5) is 0 Å². The maximum Gasteiger partial charge on any atom is 0.0628 e. The molecule has 0 radical (unpaired) electrons. The van der Waals surface area contributed by atoms with E-state index in [-0.39, 0.29) is 11.6 Å². The summed E-state index contributed by atoms with van der Waals surface area (Å²) < 4.78 is 2.06. The van der Waals surface area contributed by atoms with Crippen LogP contribution in [-0.2, 0) is 12.0 Å². The number of aromatic nitrogens is 2. The molecule has 3 heteroatoms. The van der Waals surface area contributed by atoms with E-state index in [2.05, 4.69) is 43.5 Å². The number of nitrogens with zero attached hydrogens (tertiary/aromatic N) is 2. The normalized spacial score (nSPS) is 14.3. The number of aryl methyl sites for hydroxylation is 1. The molecule has 0 bridgehead atoms. The first-order valence-corrected chi connectivity index (χ1v) is 5.71. The van der Waals surface area contributed by atoms with E-state index < -0.39 is 0 Å². The van der Waals surface area contributed by atoms with E-state index in [9.17, 15) is 0 Å². The number of nitrogens with two attached hydrogens (primary N) is 1. The van der Waals surface area contributed by atoms with Crippen LogP contribution < -0.4 is 5.73 Å². The molecule has 0 saturated carbocycles. The minimum atomic E-state index is 0.00888. The van der Waals surface area contributed by atoms with Gasteiger partial charge in [-0.15, -0.1) is 0 Å². The molecule has 86 valence electrons. The number of hydrogen-bond acceptors (Lipinski definition) is 2. The Morgan fingerprint density at radius 3 is 2.40 bits per heavy atom. The van der Waals surface area contributed by atoms with Crippen molar-refractivity contribution in [3.63, 3.8) is 0 Å². The number of hydrogen-bond donors (Lipinski definition) is 1. The van der Waals surface area contributed by atoms with Crippen molar-refractivity contribution >= 4 is 0 Å². The van der Waals surface area contributed by atoms with Crippen molar-refractivity contribution in [2.75, 3.05) is 0 Å². The molecule has 0 unspecified atom stereocenters. The van der Waals surface area contributed by atoms with Crippen LogP contribution in [0.2, 0.25) is 0 Å². The Morgan fingerprint density at radius 2 is 2.07 bits per heavy atom. The van der Waals surface area contributed by atoms with Gasteiger partial charge in [-0.1, -0.05) is 13.3 Å². The third-order valence-corrected chi connectivity index (χ3v) is 2.40. The first kappa shape index (κ1) is 12.2. The van der Waals surface area contributed by atoms with E-state index in [0.717, 1.165) is 24.2 Å². The highest BCUT2D eigenvalue weighted by Crippen LogP contribution is 2.21. The van der Waals surface area contributed by atoms with Crippen LogP contribution in [0.1, 0.15) is 58.5 Å². The number of rotatable bonds is 3. The second-order valence-corrected chi connectivity index (χ2v) is 5.18. The van der Waals surface area contributed by atoms with Gasteiger partial charge in [-0.2, -0.15) is 5.10 Å². The van der Waals surface area contributed by atoms with Crippen molar-refractivity contribution < 1.29 is 0 Å². The van der Waals surface area contributed by atoms with E-state index in [0.29, 0.717) is 0 Å². The maximum atomic E-state index is 5.96. The summed E-state index contributed by atoms with van der Waals surface area (Å²) in [5, 5.41) is 4.63. The molecule has 0 spiro atoms. The minimum absolute atomic E-state index is 0.00888. The lowest BCUT2D eigenvalue weighted by Crippen LogP contribution is -2.27. The van der Waals surface area contributed by atoms with Crippen LogP contribution in [0.5, 0.6) is 0 Å². The SMILES string of the molecule is CCCc1cc([C@@H](C)N)n(C(C)(C)C)n1. The molecule has 2 N–H and O–H groups in total. The van der Waals surface area contributed by atoms with Crippen LogP contribution in [0.25, 0.3) is 0 Å². The monoisotopic (exact) mass is 209 g/mol. The molecule has 1 aromatic rings. The standard InChI is InChI=1S/C12H23N3/c1-6-7-10-8-11(9(2)13)15(14-10)12(3,4)5/h8-9H,6-7,13H2,1-5H3/t9-/m1/s1. The van der Waals surface area contributed by atoms with Gasteiger partial charge in [0.25, 0.3) is 0 Å². The third-order valence-electron chi connectivity index (χ3n) is 2.40. The Labute approximate surface area is 92.7 Å². The second kappa shape index (κ2) is 4.35. The van der Waals surface area contributed by atoms with Gasteiger partial charge in [0.2, 0.25) is 0 Å². The molecule has 0 aliphatic carbocycles.